The van der Waals surface area contributed by atoms with Gasteiger partial charge in [0.05, 0.1) is 5.56 Å². The maximum atomic E-state index is 12.2. The number of halogens is 2. The fourth-order valence-corrected chi connectivity index (χ4v) is 2.65. The quantitative estimate of drug-likeness (QED) is 0.714. The first-order valence-corrected chi connectivity index (χ1v) is 8.14. The first-order chi connectivity index (χ1) is 12.1. The lowest BCUT2D eigenvalue weighted by atomic mass is 10.2. The van der Waals surface area contributed by atoms with Crippen molar-refractivity contribution in [3.63, 3.8) is 0 Å². The summed E-state index contributed by atoms with van der Waals surface area (Å²) in [7, 11) is 0. The van der Waals surface area contributed by atoms with Gasteiger partial charge < -0.3 is 10.1 Å². The van der Waals surface area contributed by atoms with Crippen molar-refractivity contribution in [1.29, 1.82) is 0 Å². The van der Waals surface area contributed by atoms with Crippen LogP contribution in [0.5, 0.6) is 11.8 Å². The maximum Gasteiger partial charge on any atom is 0.321 e. The highest BCUT2D eigenvalue weighted by molar-refractivity contribution is 6.34. The Morgan fingerprint density at radius 3 is 2.28 bits per heavy atom. The van der Waals surface area contributed by atoms with Crippen LogP contribution in [0, 0.1) is 0 Å². The molecule has 0 bridgehead atoms. The minimum Gasteiger partial charge on any atom is -0.424 e. The largest absolute Gasteiger partial charge is 0.424 e. The predicted molar refractivity (Wildman–Crippen MR) is 96.2 cm³/mol. The molecule has 1 heterocycles. The van der Waals surface area contributed by atoms with Gasteiger partial charge in [0.15, 0.2) is 0 Å². The molecular formula is C18H13Cl2N3O2. The first-order valence-electron chi connectivity index (χ1n) is 7.38. The highest BCUT2D eigenvalue weighted by Gasteiger charge is 2.08. The van der Waals surface area contributed by atoms with Crippen molar-refractivity contribution in [3.05, 3.63) is 82.1 Å². The molecule has 126 valence electrons. The lowest BCUT2D eigenvalue weighted by Gasteiger charge is -2.07. The van der Waals surface area contributed by atoms with Crippen LogP contribution >= 0.6 is 23.2 Å². The van der Waals surface area contributed by atoms with Crippen molar-refractivity contribution in [2.75, 3.05) is 0 Å². The molecule has 0 saturated heterocycles. The Bertz CT molecular complexity index is 851. The summed E-state index contributed by atoms with van der Waals surface area (Å²) in [6.45, 7) is 0.293. The molecule has 2 aromatic carbocycles. The molecule has 3 rings (SSSR count). The van der Waals surface area contributed by atoms with Crippen LogP contribution in [0.1, 0.15) is 15.9 Å². The predicted octanol–water partition coefficient (Wildman–Crippen LogP) is 4.51. The van der Waals surface area contributed by atoms with Crippen LogP contribution in [0.25, 0.3) is 0 Å². The Hall–Kier alpha value is -2.63. The molecule has 1 amide bonds. The van der Waals surface area contributed by atoms with Gasteiger partial charge in [-0.25, -0.2) is 9.97 Å². The van der Waals surface area contributed by atoms with Crippen LogP contribution in [0.4, 0.5) is 0 Å². The summed E-state index contributed by atoms with van der Waals surface area (Å²) in [5, 5.41) is 3.79. The molecule has 0 aliphatic carbocycles. The summed E-state index contributed by atoms with van der Waals surface area (Å²) in [6, 6.07) is 14.4. The van der Waals surface area contributed by atoms with Gasteiger partial charge in [0.2, 0.25) is 0 Å². The molecule has 0 radical (unpaired) electrons. The Labute approximate surface area is 154 Å². The van der Waals surface area contributed by atoms with Crippen LogP contribution in [0.2, 0.25) is 10.0 Å². The molecule has 0 aliphatic rings. The van der Waals surface area contributed by atoms with E-state index in [1.807, 2.05) is 18.2 Å². The summed E-state index contributed by atoms with van der Waals surface area (Å²) in [5.74, 6) is 0.319. The van der Waals surface area contributed by atoms with E-state index in [2.05, 4.69) is 15.3 Å². The number of carbonyl (C=O) groups is 1. The molecule has 25 heavy (non-hydrogen) atoms. The highest BCUT2D eigenvalue weighted by Crippen LogP contribution is 2.19. The standard InChI is InChI=1S/C18H13Cl2N3O2/c19-14-6-12(7-15(20)8-14)9-21-17(24)13-10-22-18(23-11-13)25-16-4-2-1-3-5-16/h1-8,10-11H,9H2,(H,21,24). The molecular weight excluding hydrogens is 361 g/mol. The average molecular weight is 374 g/mol. The molecule has 3 aromatic rings. The molecule has 1 N–H and O–H groups in total. The first kappa shape index (κ1) is 17.2. The van der Waals surface area contributed by atoms with Crippen LogP contribution in [-0.4, -0.2) is 15.9 Å². The number of benzene rings is 2. The van der Waals surface area contributed by atoms with Gasteiger partial charge in [0.25, 0.3) is 5.91 Å². The number of rotatable bonds is 5. The summed E-state index contributed by atoms with van der Waals surface area (Å²) < 4.78 is 5.49. The maximum absolute atomic E-state index is 12.2. The normalized spacial score (nSPS) is 10.3. The van der Waals surface area contributed by atoms with Gasteiger partial charge in [-0.1, -0.05) is 41.4 Å². The van der Waals surface area contributed by atoms with E-state index in [-0.39, 0.29) is 11.9 Å². The number of hydrogen-bond donors (Lipinski definition) is 1. The number of hydrogen-bond acceptors (Lipinski definition) is 4. The number of nitrogens with one attached hydrogen (secondary N) is 1. The summed E-state index contributed by atoms with van der Waals surface area (Å²) >= 11 is 11.9. The third-order valence-corrected chi connectivity index (χ3v) is 3.65. The zero-order valence-electron chi connectivity index (χ0n) is 12.9. The second-order valence-corrected chi connectivity index (χ2v) is 6.00. The van der Waals surface area contributed by atoms with E-state index in [1.54, 1.807) is 30.3 Å². The molecule has 0 spiro atoms. The lowest BCUT2D eigenvalue weighted by Crippen LogP contribution is -2.23. The van der Waals surface area contributed by atoms with Crippen molar-refractivity contribution < 1.29 is 9.53 Å². The summed E-state index contributed by atoms with van der Waals surface area (Å²) in [4.78, 5) is 20.2. The molecule has 0 fully saturated rings. The number of carbonyl (C=O) groups excluding carboxylic acids is 1. The topological polar surface area (TPSA) is 64.1 Å². The number of para-hydroxylation sites is 1. The van der Waals surface area contributed by atoms with Crippen molar-refractivity contribution >= 4 is 29.1 Å². The molecule has 5 nitrogen and oxygen atoms in total. The lowest BCUT2D eigenvalue weighted by molar-refractivity contribution is 0.0950. The number of amides is 1. The van der Waals surface area contributed by atoms with Gasteiger partial charge >= 0.3 is 6.01 Å². The van der Waals surface area contributed by atoms with Crippen LogP contribution < -0.4 is 10.1 Å². The monoisotopic (exact) mass is 373 g/mol. The summed E-state index contributed by atoms with van der Waals surface area (Å²) in [6.07, 6.45) is 2.82. The van der Waals surface area contributed by atoms with Crippen LogP contribution in [0.3, 0.4) is 0 Å². The van der Waals surface area contributed by atoms with E-state index in [0.717, 1.165) is 5.56 Å². The van der Waals surface area contributed by atoms with Crippen molar-refractivity contribution in [2.45, 2.75) is 6.54 Å². The molecule has 1 aromatic heterocycles. The minimum absolute atomic E-state index is 0.171. The Morgan fingerprint density at radius 1 is 1.00 bits per heavy atom. The van der Waals surface area contributed by atoms with E-state index >= 15 is 0 Å². The van der Waals surface area contributed by atoms with E-state index in [0.29, 0.717) is 27.9 Å². The van der Waals surface area contributed by atoms with Gasteiger partial charge in [-0.05, 0) is 35.9 Å². The van der Waals surface area contributed by atoms with Crippen LogP contribution in [0.15, 0.2) is 60.9 Å². The van der Waals surface area contributed by atoms with E-state index in [1.165, 1.54) is 12.4 Å². The Morgan fingerprint density at radius 2 is 1.64 bits per heavy atom. The van der Waals surface area contributed by atoms with Gasteiger partial charge in [0, 0.05) is 29.0 Å². The summed E-state index contributed by atoms with van der Waals surface area (Å²) in [5.41, 5.74) is 1.13. The molecule has 0 saturated carbocycles. The fourth-order valence-electron chi connectivity index (χ4n) is 2.08. The van der Waals surface area contributed by atoms with Crippen LogP contribution in [-0.2, 0) is 6.54 Å². The second-order valence-electron chi connectivity index (χ2n) is 5.13. The van der Waals surface area contributed by atoms with E-state index < -0.39 is 0 Å². The second kappa shape index (κ2) is 7.96. The highest BCUT2D eigenvalue weighted by atomic mass is 35.5. The van der Waals surface area contributed by atoms with Gasteiger partial charge in [-0.3, -0.25) is 4.79 Å². The van der Waals surface area contributed by atoms with Gasteiger partial charge in [-0.15, -0.1) is 0 Å². The zero-order valence-corrected chi connectivity index (χ0v) is 14.5. The zero-order chi connectivity index (χ0) is 17.6. The molecule has 0 unspecified atom stereocenters. The minimum atomic E-state index is -0.303. The Balaban J connectivity index is 1.60. The fraction of sp³-hybridized carbons (Fsp3) is 0.0556. The van der Waals surface area contributed by atoms with Gasteiger partial charge in [-0.2, -0.15) is 0 Å². The third-order valence-electron chi connectivity index (χ3n) is 3.22. The van der Waals surface area contributed by atoms with Crippen molar-refractivity contribution in [1.82, 2.24) is 15.3 Å². The molecule has 0 atom stereocenters. The number of nitrogens with zero attached hydrogens (tertiary/aromatic N) is 2. The number of aromatic nitrogens is 2. The van der Waals surface area contributed by atoms with E-state index in [9.17, 15) is 4.79 Å². The van der Waals surface area contributed by atoms with Crippen molar-refractivity contribution in [2.24, 2.45) is 0 Å². The average Bonchev–Trinajstić information content (AvgIpc) is 2.60. The Kier molecular flexibility index (Phi) is 5.48. The SMILES string of the molecule is O=C(NCc1cc(Cl)cc(Cl)c1)c1cnc(Oc2ccccc2)nc1. The third kappa shape index (κ3) is 4.92. The smallest absolute Gasteiger partial charge is 0.321 e. The van der Waals surface area contributed by atoms with E-state index in [4.69, 9.17) is 27.9 Å². The molecule has 0 aliphatic heterocycles. The van der Waals surface area contributed by atoms with Gasteiger partial charge in [0.1, 0.15) is 5.75 Å². The molecule has 7 heteroatoms. The van der Waals surface area contributed by atoms with Crippen molar-refractivity contribution in [3.8, 4) is 11.8 Å². The number of ether oxygens (including phenoxy) is 1.